The Kier molecular flexibility index (Phi) is 3.62. The van der Waals surface area contributed by atoms with Gasteiger partial charge in [-0.3, -0.25) is 0 Å². The number of fused-ring (bicyclic) bond motifs is 1. The molecule has 0 N–H and O–H groups in total. The summed E-state index contributed by atoms with van der Waals surface area (Å²) < 4.78 is 32.7. The average molecular weight is 298 g/mol. The normalized spacial score (nSPS) is 28.3. The number of rotatable bonds is 2. The zero-order valence-corrected chi connectivity index (χ0v) is 12.9. The van der Waals surface area contributed by atoms with Crippen LogP contribution in [0.25, 0.3) is 0 Å². The molecule has 1 aliphatic carbocycles. The molecule has 20 heavy (non-hydrogen) atoms. The summed E-state index contributed by atoms with van der Waals surface area (Å²) in [5.41, 5.74) is 0.473. The first kappa shape index (κ1) is 14.1. The van der Waals surface area contributed by atoms with E-state index in [4.69, 9.17) is 4.52 Å². The monoisotopic (exact) mass is 298 g/mol. The number of piperidine rings is 1. The van der Waals surface area contributed by atoms with Gasteiger partial charge in [0.1, 0.15) is 10.6 Å². The van der Waals surface area contributed by atoms with Crippen molar-refractivity contribution in [3.8, 4) is 0 Å². The van der Waals surface area contributed by atoms with Gasteiger partial charge < -0.3 is 4.52 Å². The molecule has 3 rings (SSSR count). The Hall–Kier alpha value is -0.880. The molecule has 112 valence electrons. The molecule has 6 heteroatoms. The van der Waals surface area contributed by atoms with Crippen LogP contribution in [-0.2, 0) is 10.0 Å². The Labute approximate surface area is 120 Å². The van der Waals surface area contributed by atoms with Gasteiger partial charge in [0, 0.05) is 12.6 Å². The second-order valence-electron chi connectivity index (χ2n) is 6.02. The Bertz CT molecular complexity index is 572. The zero-order valence-electron chi connectivity index (χ0n) is 12.1. The van der Waals surface area contributed by atoms with Crippen LogP contribution < -0.4 is 0 Å². The fraction of sp³-hybridized carbons (Fsp3) is 0.786. The van der Waals surface area contributed by atoms with Gasteiger partial charge in [-0.2, -0.15) is 4.31 Å². The Balaban J connectivity index is 1.98. The maximum atomic E-state index is 13.0. The Morgan fingerprint density at radius 1 is 1.15 bits per heavy atom. The summed E-state index contributed by atoms with van der Waals surface area (Å²) >= 11 is 0. The van der Waals surface area contributed by atoms with E-state index in [1.54, 1.807) is 18.2 Å². The lowest BCUT2D eigenvalue weighted by molar-refractivity contribution is 0.129. The van der Waals surface area contributed by atoms with E-state index < -0.39 is 10.0 Å². The molecule has 1 saturated heterocycles. The van der Waals surface area contributed by atoms with Crippen LogP contribution in [0.1, 0.15) is 50.0 Å². The highest BCUT2D eigenvalue weighted by molar-refractivity contribution is 7.89. The lowest BCUT2D eigenvalue weighted by Crippen LogP contribution is -2.49. The van der Waals surface area contributed by atoms with Gasteiger partial charge in [0.25, 0.3) is 0 Å². The summed E-state index contributed by atoms with van der Waals surface area (Å²) in [4.78, 5) is 0.281. The summed E-state index contributed by atoms with van der Waals surface area (Å²) in [5.74, 6) is 0.938. The summed E-state index contributed by atoms with van der Waals surface area (Å²) in [6, 6.07) is 0.177. The topological polar surface area (TPSA) is 63.4 Å². The fourth-order valence-electron chi connectivity index (χ4n) is 3.84. The first-order valence-electron chi connectivity index (χ1n) is 7.46. The molecule has 0 aromatic carbocycles. The Morgan fingerprint density at radius 2 is 1.85 bits per heavy atom. The summed E-state index contributed by atoms with van der Waals surface area (Å²) in [7, 11) is -3.47. The highest BCUT2D eigenvalue weighted by Gasteiger charge is 2.41. The van der Waals surface area contributed by atoms with Gasteiger partial charge in [0.2, 0.25) is 10.0 Å². The lowest BCUT2D eigenvalue weighted by atomic mass is 9.79. The zero-order chi connectivity index (χ0) is 14.3. The van der Waals surface area contributed by atoms with Gasteiger partial charge in [-0.1, -0.05) is 18.0 Å². The molecular weight excluding hydrogens is 276 g/mol. The standard InChI is InChI=1S/C14H22N2O3S/c1-10-14(11(2)19-15-10)20(17,18)16-9-5-7-12-6-3-4-8-13(12)16/h12-13H,3-9H2,1-2H3/t12-,13+/m1/s1. The summed E-state index contributed by atoms with van der Waals surface area (Å²) in [6.07, 6.45) is 6.66. The smallest absolute Gasteiger partial charge is 0.248 e. The molecule has 1 aliphatic heterocycles. The van der Waals surface area contributed by atoms with Crippen molar-refractivity contribution in [1.82, 2.24) is 9.46 Å². The van der Waals surface area contributed by atoms with Crippen LogP contribution in [0.5, 0.6) is 0 Å². The third-order valence-electron chi connectivity index (χ3n) is 4.73. The van der Waals surface area contributed by atoms with E-state index in [1.807, 2.05) is 0 Å². The average Bonchev–Trinajstić information content (AvgIpc) is 2.78. The first-order chi connectivity index (χ1) is 9.51. The van der Waals surface area contributed by atoms with Crippen LogP contribution in [0.3, 0.4) is 0 Å². The molecule has 5 nitrogen and oxygen atoms in total. The predicted octanol–water partition coefficient (Wildman–Crippen LogP) is 2.63. The Morgan fingerprint density at radius 3 is 2.55 bits per heavy atom. The molecule has 0 unspecified atom stereocenters. The maximum Gasteiger partial charge on any atom is 0.248 e. The largest absolute Gasteiger partial charge is 0.360 e. The van der Waals surface area contributed by atoms with Gasteiger partial charge in [-0.15, -0.1) is 0 Å². The molecule has 0 amide bonds. The summed E-state index contributed by atoms with van der Waals surface area (Å²) in [5, 5.41) is 3.80. The van der Waals surface area contributed by atoms with E-state index in [-0.39, 0.29) is 10.9 Å². The molecule has 0 radical (unpaired) electrons. The third-order valence-corrected chi connectivity index (χ3v) is 6.90. The van der Waals surface area contributed by atoms with Gasteiger partial charge >= 0.3 is 0 Å². The predicted molar refractivity (Wildman–Crippen MR) is 74.8 cm³/mol. The molecule has 2 atom stereocenters. The van der Waals surface area contributed by atoms with Gasteiger partial charge in [0.15, 0.2) is 5.76 Å². The highest BCUT2D eigenvalue weighted by atomic mass is 32.2. The van der Waals surface area contributed by atoms with Crippen molar-refractivity contribution in [2.24, 2.45) is 5.92 Å². The first-order valence-corrected chi connectivity index (χ1v) is 8.90. The van der Waals surface area contributed by atoms with Gasteiger partial charge in [-0.25, -0.2) is 8.42 Å². The number of sulfonamides is 1. The molecule has 1 aromatic rings. The van der Waals surface area contributed by atoms with E-state index in [9.17, 15) is 8.42 Å². The van der Waals surface area contributed by atoms with Crippen molar-refractivity contribution in [2.75, 3.05) is 6.54 Å². The van der Waals surface area contributed by atoms with Crippen LogP contribution in [0, 0.1) is 19.8 Å². The van der Waals surface area contributed by atoms with E-state index in [0.29, 0.717) is 23.9 Å². The minimum Gasteiger partial charge on any atom is -0.360 e. The van der Waals surface area contributed by atoms with Crippen molar-refractivity contribution in [3.05, 3.63) is 11.5 Å². The van der Waals surface area contributed by atoms with Crippen LogP contribution in [0.4, 0.5) is 0 Å². The molecule has 2 aliphatic rings. The molecular formula is C14H22N2O3S. The quantitative estimate of drug-likeness (QED) is 0.842. The fourth-order valence-corrected chi connectivity index (χ4v) is 5.89. The second kappa shape index (κ2) is 5.15. The van der Waals surface area contributed by atoms with Crippen molar-refractivity contribution in [3.63, 3.8) is 0 Å². The number of nitrogens with zero attached hydrogens (tertiary/aromatic N) is 2. The SMILES string of the molecule is Cc1noc(C)c1S(=O)(=O)N1CCC[C@H]2CCCC[C@@H]21. The molecule has 2 fully saturated rings. The molecule has 1 saturated carbocycles. The third kappa shape index (κ3) is 2.19. The van der Waals surface area contributed by atoms with Gasteiger partial charge in [-0.05, 0) is 45.4 Å². The number of hydrogen-bond acceptors (Lipinski definition) is 4. The molecule has 0 spiro atoms. The number of hydrogen-bond donors (Lipinski definition) is 0. The second-order valence-corrected chi connectivity index (χ2v) is 7.85. The van der Waals surface area contributed by atoms with E-state index in [0.717, 1.165) is 32.1 Å². The van der Waals surface area contributed by atoms with E-state index in [2.05, 4.69) is 5.16 Å². The van der Waals surface area contributed by atoms with Crippen LogP contribution >= 0.6 is 0 Å². The number of aromatic nitrogens is 1. The molecule has 1 aromatic heterocycles. The van der Waals surface area contributed by atoms with Gasteiger partial charge in [0.05, 0.1) is 0 Å². The molecule has 2 heterocycles. The van der Waals surface area contributed by atoms with E-state index in [1.165, 1.54) is 6.42 Å². The van der Waals surface area contributed by atoms with Crippen LogP contribution in [-0.4, -0.2) is 30.5 Å². The van der Waals surface area contributed by atoms with E-state index >= 15 is 0 Å². The minimum atomic E-state index is -3.47. The lowest BCUT2D eigenvalue weighted by Gasteiger charge is -2.43. The summed E-state index contributed by atoms with van der Waals surface area (Å²) in [6.45, 7) is 4.01. The van der Waals surface area contributed by atoms with Crippen molar-refractivity contribution in [2.45, 2.75) is 63.3 Å². The van der Waals surface area contributed by atoms with Crippen LogP contribution in [0.2, 0.25) is 0 Å². The van der Waals surface area contributed by atoms with Crippen molar-refractivity contribution < 1.29 is 12.9 Å². The van der Waals surface area contributed by atoms with Crippen LogP contribution in [0.15, 0.2) is 9.42 Å². The maximum absolute atomic E-state index is 13.0. The molecule has 0 bridgehead atoms. The van der Waals surface area contributed by atoms with Crippen molar-refractivity contribution >= 4 is 10.0 Å². The highest BCUT2D eigenvalue weighted by Crippen LogP contribution is 2.38. The minimum absolute atomic E-state index is 0.177. The number of aryl methyl sites for hydroxylation is 2. The van der Waals surface area contributed by atoms with Crippen molar-refractivity contribution in [1.29, 1.82) is 0 Å².